The second kappa shape index (κ2) is 14.2. The van der Waals surface area contributed by atoms with Crippen LogP contribution in [0.2, 0.25) is 20.1 Å². The molecule has 4 aromatic carbocycles. The molecule has 43 heavy (non-hydrogen) atoms. The second-order valence-electron chi connectivity index (χ2n) is 8.95. The number of carbonyl (C=O) groups is 4. The molecule has 0 bridgehead atoms. The molecule has 0 heterocycles. The van der Waals surface area contributed by atoms with Crippen molar-refractivity contribution in [3.63, 3.8) is 0 Å². The monoisotopic (exact) mass is 675 g/mol. The summed E-state index contributed by atoms with van der Waals surface area (Å²) in [5.41, 5.74) is 1.24. The van der Waals surface area contributed by atoms with Crippen molar-refractivity contribution < 1.29 is 24.3 Å². The quantitative estimate of drug-likeness (QED) is 0.0799. The normalized spacial score (nSPS) is 11.4. The molecule has 4 rings (SSSR count). The highest BCUT2D eigenvalue weighted by Gasteiger charge is 2.29. The zero-order valence-electron chi connectivity index (χ0n) is 22.1. The van der Waals surface area contributed by atoms with Crippen LogP contribution in [0, 0.1) is 0 Å². The van der Waals surface area contributed by atoms with Crippen LogP contribution in [0.25, 0.3) is 0 Å². The number of thioether (sulfide) groups is 1. The fourth-order valence-electron chi connectivity index (χ4n) is 3.94. The summed E-state index contributed by atoms with van der Waals surface area (Å²) in [6.45, 7) is 1.41. The summed E-state index contributed by atoms with van der Waals surface area (Å²) in [7, 11) is 0. The fourth-order valence-corrected chi connectivity index (χ4v) is 5.98. The molecular weight excluding hydrogens is 656 g/mol. The van der Waals surface area contributed by atoms with Crippen LogP contribution in [0.5, 0.6) is 0 Å². The van der Waals surface area contributed by atoms with Gasteiger partial charge in [-0.2, -0.15) is 0 Å². The van der Waals surface area contributed by atoms with Crippen molar-refractivity contribution in [2.75, 3.05) is 16.0 Å². The lowest BCUT2D eigenvalue weighted by Gasteiger charge is -2.18. The molecule has 4 aromatic rings. The molecule has 4 N–H and O–H groups in total. The van der Waals surface area contributed by atoms with E-state index in [9.17, 15) is 24.3 Å². The summed E-state index contributed by atoms with van der Waals surface area (Å²) in [6, 6.07) is 22.6. The van der Waals surface area contributed by atoms with E-state index < -0.39 is 33.3 Å². The van der Waals surface area contributed by atoms with Gasteiger partial charge >= 0.3 is 5.97 Å². The fraction of sp³-hybridized carbons (Fsp3) is 0.0667. The number of hydrogen-bond acceptors (Lipinski definition) is 5. The van der Waals surface area contributed by atoms with E-state index in [-0.39, 0.29) is 26.9 Å². The first-order valence-electron chi connectivity index (χ1n) is 12.4. The van der Waals surface area contributed by atoms with Crippen LogP contribution in [0.1, 0.15) is 38.5 Å². The Morgan fingerprint density at radius 1 is 0.651 bits per heavy atom. The molecule has 0 saturated heterocycles. The van der Waals surface area contributed by atoms with Crippen LogP contribution in [0.15, 0.2) is 83.8 Å². The summed E-state index contributed by atoms with van der Waals surface area (Å²) in [5.74, 6) is -2.82. The van der Waals surface area contributed by atoms with Crippen LogP contribution in [0.4, 0.5) is 17.1 Å². The Balaban J connectivity index is 1.53. The Bertz CT molecular complexity index is 1700. The smallest absolute Gasteiger partial charge is 0.338 e. The molecule has 0 aliphatic rings. The van der Waals surface area contributed by atoms with E-state index in [1.807, 2.05) is 30.3 Å². The predicted molar refractivity (Wildman–Crippen MR) is 172 cm³/mol. The van der Waals surface area contributed by atoms with E-state index in [2.05, 4.69) is 16.0 Å². The van der Waals surface area contributed by atoms with Crippen molar-refractivity contribution in [2.24, 2.45) is 0 Å². The predicted octanol–water partition coefficient (Wildman–Crippen LogP) is 8.68. The molecule has 1 atom stereocenters. The summed E-state index contributed by atoms with van der Waals surface area (Å²) in [5, 5.41) is 15.9. The summed E-state index contributed by atoms with van der Waals surface area (Å²) in [6.07, 6.45) is 0. The van der Waals surface area contributed by atoms with Gasteiger partial charge in [0.2, 0.25) is 11.8 Å². The first kappa shape index (κ1) is 32.2. The minimum atomic E-state index is -1.50. The molecule has 8 nitrogen and oxygen atoms in total. The average Bonchev–Trinajstić information content (AvgIpc) is 2.98. The number of benzene rings is 4. The number of carbonyl (C=O) groups excluding carboxylic acids is 3. The van der Waals surface area contributed by atoms with E-state index in [1.54, 1.807) is 48.5 Å². The maximum Gasteiger partial charge on any atom is 0.338 e. The zero-order valence-corrected chi connectivity index (χ0v) is 25.9. The molecule has 220 valence electrons. The lowest BCUT2D eigenvalue weighted by atomic mass is 10.1. The van der Waals surface area contributed by atoms with Crippen LogP contribution >= 0.6 is 58.2 Å². The molecule has 0 aliphatic heterocycles. The number of aromatic carboxylic acids is 1. The maximum atomic E-state index is 13.4. The van der Waals surface area contributed by atoms with Crippen LogP contribution in [-0.2, 0) is 9.59 Å². The zero-order chi connectivity index (χ0) is 31.3. The SMILES string of the molecule is CC(=O)Nc1ccc(NC(=O)C(Sc2ccc(NC(=O)c3c(Cl)c(Cl)c(Cl)c(Cl)c3C(=O)O)cc2)c2ccccc2)cc1. The van der Waals surface area contributed by atoms with Crippen LogP contribution < -0.4 is 16.0 Å². The number of carboxylic acid groups (broad SMARTS) is 1. The maximum absolute atomic E-state index is 13.4. The van der Waals surface area contributed by atoms with Gasteiger partial charge in [0.15, 0.2) is 0 Å². The summed E-state index contributed by atoms with van der Waals surface area (Å²) in [4.78, 5) is 50.3. The highest BCUT2D eigenvalue weighted by molar-refractivity contribution is 8.00. The lowest BCUT2D eigenvalue weighted by molar-refractivity contribution is -0.116. The third kappa shape index (κ3) is 7.81. The topological polar surface area (TPSA) is 125 Å². The molecule has 0 spiro atoms. The van der Waals surface area contributed by atoms with Gasteiger partial charge < -0.3 is 21.1 Å². The largest absolute Gasteiger partial charge is 0.478 e. The standard InChI is InChI=1S/C30H21Cl4N3O5S/c1-15(38)35-17-7-9-18(10-8-17)37-29(40)27(16-5-3-2-4-6-16)43-20-13-11-19(12-14-20)36-28(39)21-22(30(41)42)24(32)26(34)25(33)23(21)31/h2-14,27H,1H3,(H,35,38)(H,36,39)(H,37,40)(H,41,42). The summed E-state index contributed by atoms with van der Waals surface area (Å²) >= 11 is 25.6. The molecule has 0 saturated carbocycles. The van der Waals surface area contributed by atoms with Gasteiger partial charge in [-0.1, -0.05) is 76.7 Å². The van der Waals surface area contributed by atoms with Crippen molar-refractivity contribution >= 4 is 98.9 Å². The van der Waals surface area contributed by atoms with Crippen molar-refractivity contribution in [3.8, 4) is 0 Å². The summed E-state index contributed by atoms with van der Waals surface area (Å²) < 4.78 is 0. The van der Waals surface area contributed by atoms with Crippen molar-refractivity contribution in [3.05, 3.63) is 116 Å². The number of nitrogens with one attached hydrogen (secondary N) is 3. The van der Waals surface area contributed by atoms with E-state index >= 15 is 0 Å². The van der Waals surface area contributed by atoms with Gasteiger partial charge in [0, 0.05) is 28.9 Å². The van der Waals surface area contributed by atoms with Crippen LogP contribution in [0.3, 0.4) is 0 Å². The second-order valence-corrected chi connectivity index (χ2v) is 11.6. The van der Waals surface area contributed by atoms with Crippen molar-refractivity contribution in [1.29, 1.82) is 0 Å². The van der Waals surface area contributed by atoms with Gasteiger partial charge in [-0.15, -0.1) is 11.8 Å². The lowest BCUT2D eigenvalue weighted by Crippen LogP contribution is -2.19. The molecule has 0 radical (unpaired) electrons. The van der Waals surface area contributed by atoms with Gasteiger partial charge in [0.25, 0.3) is 5.91 Å². The number of carboxylic acids is 1. The highest BCUT2D eigenvalue weighted by Crippen LogP contribution is 2.42. The molecular formula is C30H21Cl4N3O5S. The van der Waals surface area contributed by atoms with Crippen molar-refractivity contribution in [1.82, 2.24) is 0 Å². The minimum absolute atomic E-state index is 0.199. The molecule has 0 aliphatic carbocycles. The molecule has 13 heteroatoms. The van der Waals surface area contributed by atoms with Crippen molar-refractivity contribution in [2.45, 2.75) is 17.1 Å². The Morgan fingerprint density at radius 3 is 1.67 bits per heavy atom. The number of halogens is 4. The molecule has 3 amide bonds. The molecule has 0 aromatic heterocycles. The number of amides is 3. The first-order chi connectivity index (χ1) is 20.5. The van der Waals surface area contributed by atoms with E-state index in [4.69, 9.17) is 46.4 Å². The highest BCUT2D eigenvalue weighted by atomic mass is 35.5. The molecule has 0 fully saturated rings. The Labute approximate surface area is 270 Å². The van der Waals surface area contributed by atoms with Gasteiger partial charge in [-0.05, 0) is 54.1 Å². The Kier molecular flexibility index (Phi) is 10.6. The number of hydrogen-bond donors (Lipinski definition) is 4. The van der Waals surface area contributed by atoms with E-state index in [1.165, 1.54) is 18.7 Å². The number of anilines is 3. The third-order valence-electron chi connectivity index (χ3n) is 5.89. The van der Waals surface area contributed by atoms with Gasteiger partial charge in [0.1, 0.15) is 5.25 Å². The van der Waals surface area contributed by atoms with Crippen LogP contribution in [-0.4, -0.2) is 28.8 Å². The number of rotatable bonds is 9. The Morgan fingerprint density at radius 2 is 1.14 bits per heavy atom. The van der Waals surface area contributed by atoms with E-state index in [0.717, 1.165) is 5.56 Å². The average molecular weight is 677 g/mol. The van der Waals surface area contributed by atoms with E-state index in [0.29, 0.717) is 22.0 Å². The molecule has 1 unspecified atom stereocenters. The third-order valence-corrected chi connectivity index (χ3v) is 8.96. The minimum Gasteiger partial charge on any atom is -0.478 e. The Hall–Kier alpha value is -3.73. The van der Waals surface area contributed by atoms with Gasteiger partial charge in [-0.3, -0.25) is 14.4 Å². The van der Waals surface area contributed by atoms with Gasteiger partial charge in [-0.25, -0.2) is 4.79 Å². The van der Waals surface area contributed by atoms with Gasteiger partial charge in [0.05, 0.1) is 31.2 Å². The first-order valence-corrected chi connectivity index (χ1v) is 14.8.